The summed E-state index contributed by atoms with van der Waals surface area (Å²) in [6.07, 6.45) is 8.89. The van der Waals surface area contributed by atoms with Gasteiger partial charge in [0.2, 0.25) is 0 Å². The van der Waals surface area contributed by atoms with Gasteiger partial charge in [-0.05, 0) is 85.9 Å². The van der Waals surface area contributed by atoms with E-state index < -0.39 is 0 Å². The zero-order valence-corrected chi connectivity index (χ0v) is 14.6. The van der Waals surface area contributed by atoms with Crippen molar-refractivity contribution >= 4 is 6.29 Å². The third-order valence-corrected chi connectivity index (χ3v) is 8.97. The number of aldehydes is 1. The standard InChI is InChI=1S/C20H32O3/c1-19-8-7-17-15(16(19)6-4-13(19)11-21)5-3-12-9-14(22)10-18(23)20(12,17)2/h11-18,22-23H,3-10H2,1-2H3/t12?,13?,14?,15-,16-,17-,18?,19+,20-/m0/s1. The van der Waals surface area contributed by atoms with Crippen LogP contribution in [0.5, 0.6) is 0 Å². The molecule has 9 atom stereocenters. The maximum atomic E-state index is 11.5. The number of carbonyl (C=O) groups is 1. The van der Waals surface area contributed by atoms with Gasteiger partial charge in [0.15, 0.2) is 0 Å². The van der Waals surface area contributed by atoms with Crippen LogP contribution in [-0.4, -0.2) is 28.7 Å². The lowest BCUT2D eigenvalue weighted by atomic mass is 9.44. The van der Waals surface area contributed by atoms with Crippen LogP contribution >= 0.6 is 0 Å². The molecule has 2 N–H and O–H groups in total. The van der Waals surface area contributed by atoms with Crippen molar-refractivity contribution in [2.75, 3.05) is 0 Å². The maximum Gasteiger partial charge on any atom is 0.123 e. The van der Waals surface area contributed by atoms with Gasteiger partial charge in [-0.3, -0.25) is 0 Å². The molecule has 0 aromatic heterocycles. The first kappa shape index (κ1) is 16.1. The Kier molecular flexibility index (Phi) is 3.70. The number of aliphatic hydroxyl groups excluding tert-OH is 2. The average molecular weight is 320 g/mol. The Bertz CT molecular complexity index is 491. The van der Waals surface area contributed by atoms with Crippen molar-refractivity contribution in [1.29, 1.82) is 0 Å². The molecule has 0 radical (unpaired) electrons. The van der Waals surface area contributed by atoms with E-state index in [9.17, 15) is 15.0 Å². The van der Waals surface area contributed by atoms with E-state index in [0.29, 0.717) is 30.1 Å². The molecule has 23 heavy (non-hydrogen) atoms. The summed E-state index contributed by atoms with van der Waals surface area (Å²) >= 11 is 0. The Morgan fingerprint density at radius 1 is 0.957 bits per heavy atom. The number of aliphatic hydroxyl groups is 2. The van der Waals surface area contributed by atoms with Crippen LogP contribution < -0.4 is 0 Å². The molecule has 4 unspecified atom stereocenters. The molecule has 0 spiro atoms. The minimum absolute atomic E-state index is 0.0251. The van der Waals surface area contributed by atoms with E-state index in [4.69, 9.17) is 0 Å². The van der Waals surface area contributed by atoms with Crippen LogP contribution in [0.4, 0.5) is 0 Å². The molecule has 130 valence electrons. The molecule has 4 rings (SSSR count). The fourth-order valence-electron chi connectivity index (χ4n) is 7.56. The first-order chi connectivity index (χ1) is 10.9. The summed E-state index contributed by atoms with van der Waals surface area (Å²) in [6, 6.07) is 0. The Morgan fingerprint density at radius 2 is 1.74 bits per heavy atom. The normalized spacial score (nSPS) is 58.9. The van der Waals surface area contributed by atoms with Gasteiger partial charge >= 0.3 is 0 Å². The molecule has 0 aliphatic heterocycles. The Morgan fingerprint density at radius 3 is 2.48 bits per heavy atom. The predicted molar refractivity (Wildman–Crippen MR) is 88.7 cm³/mol. The molecule has 4 aliphatic carbocycles. The van der Waals surface area contributed by atoms with Crippen molar-refractivity contribution in [3.63, 3.8) is 0 Å². The molecule has 4 fully saturated rings. The van der Waals surface area contributed by atoms with E-state index in [2.05, 4.69) is 13.8 Å². The van der Waals surface area contributed by atoms with Gasteiger partial charge in [0.25, 0.3) is 0 Å². The minimum atomic E-state index is -0.364. The molecule has 0 aromatic carbocycles. The van der Waals surface area contributed by atoms with Crippen LogP contribution in [0.15, 0.2) is 0 Å². The fourth-order valence-corrected chi connectivity index (χ4v) is 7.56. The number of fused-ring (bicyclic) bond motifs is 5. The summed E-state index contributed by atoms with van der Waals surface area (Å²) in [5, 5.41) is 20.9. The van der Waals surface area contributed by atoms with Crippen molar-refractivity contribution in [2.24, 2.45) is 40.4 Å². The van der Waals surface area contributed by atoms with Gasteiger partial charge in [-0.2, -0.15) is 0 Å². The topological polar surface area (TPSA) is 57.5 Å². The lowest BCUT2D eigenvalue weighted by Crippen LogP contribution is -2.59. The monoisotopic (exact) mass is 320 g/mol. The molecule has 0 amide bonds. The second-order valence-electron chi connectivity index (χ2n) is 9.52. The number of rotatable bonds is 1. The second kappa shape index (κ2) is 5.29. The van der Waals surface area contributed by atoms with Gasteiger partial charge in [0, 0.05) is 5.92 Å². The van der Waals surface area contributed by atoms with E-state index in [0.717, 1.165) is 32.1 Å². The van der Waals surface area contributed by atoms with Gasteiger partial charge in [0.05, 0.1) is 12.2 Å². The molecule has 0 heterocycles. The van der Waals surface area contributed by atoms with Gasteiger partial charge in [-0.1, -0.05) is 13.8 Å². The zero-order chi connectivity index (χ0) is 16.4. The SMILES string of the molecule is C[C@]12C(O)CC(O)CC1CC[C@@H]1[C@@H]2CC[C@]2(C)C(C=O)CC[C@@H]12. The first-order valence-corrected chi connectivity index (χ1v) is 9.72. The van der Waals surface area contributed by atoms with Crippen molar-refractivity contribution in [2.45, 2.75) is 77.4 Å². The largest absolute Gasteiger partial charge is 0.393 e. The van der Waals surface area contributed by atoms with Crippen molar-refractivity contribution in [3.05, 3.63) is 0 Å². The van der Waals surface area contributed by atoms with E-state index in [-0.39, 0.29) is 29.0 Å². The maximum absolute atomic E-state index is 11.5. The van der Waals surface area contributed by atoms with Crippen LogP contribution in [0, 0.1) is 40.4 Å². The van der Waals surface area contributed by atoms with Crippen LogP contribution in [0.25, 0.3) is 0 Å². The number of carbonyl (C=O) groups excluding carboxylic acids is 1. The predicted octanol–water partition coefficient (Wildman–Crippen LogP) is 3.18. The molecule has 0 aromatic rings. The fraction of sp³-hybridized carbons (Fsp3) is 0.950. The van der Waals surface area contributed by atoms with E-state index in [1.165, 1.54) is 19.1 Å². The van der Waals surface area contributed by atoms with Crippen LogP contribution in [0.3, 0.4) is 0 Å². The lowest BCUT2D eigenvalue weighted by molar-refractivity contribution is -0.180. The highest BCUT2D eigenvalue weighted by Crippen LogP contribution is 2.67. The summed E-state index contributed by atoms with van der Waals surface area (Å²) in [6.45, 7) is 4.66. The van der Waals surface area contributed by atoms with E-state index in [1.807, 2.05) is 0 Å². The van der Waals surface area contributed by atoms with Crippen molar-refractivity contribution in [1.82, 2.24) is 0 Å². The molecular formula is C20H32O3. The lowest BCUT2D eigenvalue weighted by Gasteiger charge is -2.62. The van der Waals surface area contributed by atoms with Crippen LogP contribution in [0.2, 0.25) is 0 Å². The summed E-state index contributed by atoms with van der Waals surface area (Å²) < 4.78 is 0. The second-order valence-corrected chi connectivity index (χ2v) is 9.52. The number of hydrogen-bond donors (Lipinski definition) is 2. The minimum Gasteiger partial charge on any atom is -0.393 e. The summed E-state index contributed by atoms with van der Waals surface area (Å²) in [4.78, 5) is 11.5. The zero-order valence-electron chi connectivity index (χ0n) is 14.6. The van der Waals surface area contributed by atoms with E-state index >= 15 is 0 Å². The highest BCUT2D eigenvalue weighted by molar-refractivity contribution is 5.56. The Balaban J connectivity index is 1.65. The molecule has 3 nitrogen and oxygen atoms in total. The van der Waals surface area contributed by atoms with Gasteiger partial charge in [-0.15, -0.1) is 0 Å². The third-order valence-electron chi connectivity index (χ3n) is 8.97. The van der Waals surface area contributed by atoms with Crippen molar-refractivity contribution < 1.29 is 15.0 Å². The molecule has 0 saturated heterocycles. The Labute approximate surface area is 139 Å². The van der Waals surface area contributed by atoms with Gasteiger partial charge in [-0.25, -0.2) is 0 Å². The summed E-state index contributed by atoms with van der Waals surface area (Å²) in [7, 11) is 0. The average Bonchev–Trinajstić information content (AvgIpc) is 2.85. The number of hydrogen-bond acceptors (Lipinski definition) is 3. The molecule has 4 saturated carbocycles. The Hall–Kier alpha value is -0.410. The first-order valence-electron chi connectivity index (χ1n) is 9.72. The molecule has 0 bridgehead atoms. The highest BCUT2D eigenvalue weighted by Gasteiger charge is 2.62. The molecular weight excluding hydrogens is 288 g/mol. The van der Waals surface area contributed by atoms with E-state index in [1.54, 1.807) is 0 Å². The molecule has 3 heteroatoms. The highest BCUT2D eigenvalue weighted by atomic mass is 16.3. The quantitative estimate of drug-likeness (QED) is 0.730. The van der Waals surface area contributed by atoms with Gasteiger partial charge in [0.1, 0.15) is 6.29 Å². The van der Waals surface area contributed by atoms with Gasteiger partial charge < -0.3 is 15.0 Å². The third kappa shape index (κ3) is 2.05. The smallest absolute Gasteiger partial charge is 0.123 e. The van der Waals surface area contributed by atoms with Crippen molar-refractivity contribution in [3.8, 4) is 0 Å². The summed E-state index contributed by atoms with van der Waals surface area (Å²) in [5.41, 5.74) is 0.175. The van der Waals surface area contributed by atoms with Crippen LogP contribution in [0.1, 0.15) is 65.2 Å². The van der Waals surface area contributed by atoms with Crippen LogP contribution in [-0.2, 0) is 4.79 Å². The summed E-state index contributed by atoms with van der Waals surface area (Å²) in [5.74, 6) is 2.62. The molecule has 4 aliphatic rings.